The molecular formula is C13H21F2N3O. The average molecular weight is 273 g/mol. The zero-order valence-electron chi connectivity index (χ0n) is 11.8. The molecule has 0 aliphatic carbocycles. The van der Waals surface area contributed by atoms with Crippen LogP contribution in [-0.4, -0.2) is 36.7 Å². The first-order valence-electron chi connectivity index (χ1n) is 6.25. The van der Waals surface area contributed by atoms with Gasteiger partial charge in [-0.05, 0) is 0 Å². The number of rotatable bonds is 6. The maximum Gasteiger partial charge on any atom is 0.261 e. The van der Waals surface area contributed by atoms with Crippen LogP contribution in [0.2, 0.25) is 0 Å². The Morgan fingerprint density at radius 2 is 2.00 bits per heavy atom. The fourth-order valence-corrected chi connectivity index (χ4v) is 1.46. The smallest absolute Gasteiger partial charge is 0.261 e. The Balaban J connectivity index is 2.72. The van der Waals surface area contributed by atoms with E-state index in [1.807, 2.05) is 6.07 Å². The minimum Gasteiger partial charge on any atom is -0.375 e. The molecule has 0 spiro atoms. The van der Waals surface area contributed by atoms with Crippen molar-refractivity contribution in [2.75, 3.05) is 25.6 Å². The van der Waals surface area contributed by atoms with Gasteiger partial charge in [0.15, 0.2) is 0 Å². The number of ether oxygens (including phenoxy) is 1. The minimum atomic E-state index is -2.44. The Kier molecular flexibility index (Phi) is 5.60. The first kappa shape index (κ1) is 15.8. The highest BCUT2D eigenvalue weighted by molar-refractivity contribution is 5.37. The summed E-state index contributed by atoms with van der Waals surface area (Å²) in [4.78, 5) is 8.74. The van der Waals surface area contributed by atoms with Gasteiger partial charge in [-0.1, -0.05) is 20.8 Å². The van der Waals surface area contributed by atoms with Crippen molar-refractivity contribution in [3.05, 3.63) is 17.6 Å². The summed E-state index contributed by atoms with van der Waals surface area (Å²) in [5.74, 6) is 1.33. The van der Waals surface area contributed by atoms with Gasteiger partial charge in [0.1, 0.15) is 18.2 Å². The van der Waals surface area contributed by atoms with Crippen molar-refractivity contribution in [3.8, 4) is 0 Å². The molecule has 0 saturated heterocycles. The number of halogens is 2. The highest BCUT2D eigenvalue weighted by Gasteiger charge is 2.17. The summed E-state index contributed by atoms with van der Waals surface area (Å²) in [6.07, 6.45) is -2.01. The molecule has 0 bridgehead atoms. The second-order valence-electron chi connectivity index (χ2n) is 5.27. The molecule has 108 valence electrons. The zero-order valence-corrected chi connectivity index (χ0v) is 11.8. The number of nitrogens with zero attached hydrogens (tertiary/aromatic N) is 2. The van der Waals surface area contributed by atoms with E-state index in [-0.39, 0.29) is 12.0 Å². The zero-order chi connectivity index (χ0) is 14.5. The number of aromatic nitrogens is 2. The molecular weight excluding hydrogens is 252 g/mol. The van der Waals surface area contributed by atoms with Gasteiger partial charge >= 0.3 is 0 Å². The molecule has 6 heteroatoms. The molecule has 4 nitrogen and oxygen atoms in total. The molecule has 1 aromatic heterocycles. The Morgan fingerprint density at radius 3 is 2.53 bits per heavy atom. The molecule has 0 saturated carbocycles. The van der Waals surface area contributed by atoms with Crippen LogP contribution in [0.4, 0.5) is 14.6 Å². The Labute approximate surface area is 112 Å². The van der Waals surface area contributed by atoms with Gasteiger partial charge in [-0.25, -0.2) is 18.7 Å². The normalized spacial score (nSPS) is 11.9. The average Bonchev–Trinajstić information content (AvgIpc) is 2.33. The highest BCUT2D eigenvalue weighted by atomic mass is 19.3. The molecule has 0 radical (unpaired) electrons. The van der Waals surface area contributed by atoms with Crippen molar-refractivity contribution in [1.82, 2.24) is 9.97 Å². The summed E-state index contributed by atoms with van der Waals surface area (Å²) in [6, 6.07) is 1.89. The third-order valence-corrected chi connectivity index (χ3v) is 2.51. The molecule has 0 fully saturated rings. The lowest BCUT2D eigenvalue weighted by atomic mass is 9.92. The number of hydrogen-bond acceptors (Lipinski definition) is 4. The van der Waals surface area contributed by atoms with Crippen LogP contribution in [0.5, 0.6) is 0 Å². The van der Waals surface area contributed by atoms with Gasteiger partial charge in [0.05, 0.1) is 12.3 Å². The van der Waals surface area contributed by atoms with Crippen molar-refractivity contribution >= 4 is 5.82 Å². The maximum absolute atomic E-state index is 11.9. The topological polar surface area (TPSA) is 47.0 Å². The quantitative estimate of drug-likeness (QED) is 0.809. The van der Waals surface area contributed by atoms with Crippen LogP contribution in [-0.2, 0) is 16.6 Å². The summed E-state index contributed by atoms with van der Waals surface area (Å²) in [6.45, 7) is 5.84. The molecule has 1 N–H and O–H groups in total. The third kappa shape index (κ3) is 5.46. The number of alkyl halides is 2. The van der Waals surface area contributed by atoms with E-state index in [1.54, 1.807) is 7.05 Å². The van der Waals surface area contributed by atoms with E-state index in [1.165, 1.54) is 0 Å². The van der Waals surface area contributed by atoms with E-state index < -0.39 is 13.0 Å². The van der Waals surface area contributed by atoms with Crippen LogP contribution in [0.3, 0.4) is 0 Å². The fourth-order valence-electron chi connectivity index (χ4n) is 1.46. The summed E-state index contributed by atoms with van der Waals surface area (Å²) >= 11 is 0. The van der Waals surface area contributed by atoms with E-state index in [2.05, 4.69) is 36.1 Å². The lowest BCUT2D eigenvalue weighted by molar-refractivity contribution is 0.0182. The van der Waals surface area contributed by atoms with E-state index >= 15 is 0 Å². The summed E-state index contributed by atoms with van der Waals surface area (Å²) < 4.78 is 28.7. The van der Waals surface area contributed by atoms with Crippen molar-refractivity contribution < 1.29 is 13.5 Å². The van der Waals surface area contributed by atoms with Gasteiger partial charge in [0.2, 0.25) is 0 Å². The van der Waals surface area contributed by atoms with Gasteiger partial charge < -0.3 is 10.1 Å². The number of anilines is 1. The standard InChI is InChI=1S/C13H21F2N3O/c1-13(2,3)9-7-12(16-4)18-11(17-9)5-6-19-8-10(14)15/h7,10H,5-6,8H2,1-4H3,(H,16,17,18). The predicted octanol–water partition coefficient (Wildman–Crippen LogP) is 2.64. The lowest BCUT2D eigenvalue weighted by Gasteiger charge is -2.19. The van der Waals surface area contributed by atoms with E-state index in [4.69, 9.17) is 4.74 Å². The monoisotopic (exact) mass is 273 g/mol. The first-order valence-corrected chi connectivity index (χ1v) is 6.25. The Morgan fingerprint density at radius 1 is 1.32 bits per heavy atom. The highest BCUT2D eigenvalue weighted by Crippen LogP contribution is 2.22. The molecule has 0 amide bonds. The van der Waals surface area contributed by atoms with Crippen molar-refractivity contribution in [1.29, 1.82) is 0 Å². The molecule has 1 heterocycles. The van der Waals surface area contributed by atoms with E-state index in [0.29, 0.717) is 12.2 Å². The molecule has 0 aromatic carbocycles. The Hall–Kier alpha value is -1.30. The van der Waals surface area contributed by atoms with E-state index in [9.17, 15) is 8.78 Å². The van der Waals surface area contributed by atoms with Gasteiger partial charge in [-0.15, -0.1) is 0 Å². The van der Waals surface area contributed by atoms with Crippen molar-refractivity contribution in [3.63, 3.8) is 0 Å². The van der Waals surface area contributed by atoms with Crippen molar-refractivity contribution in [2.45, 2.75) is 39.0 Å². The summed E-state index contributed by atoms with van der Waals surface area (Å²) in [7, 11) is 1.78. The van der Waals surface area contributed by atoms with Gasteiger partial charge in [-0.3, -0.25) is 0 Å². The first-order chi connectivity index (χ1) is 8.82. The summed E-state index contributed by atoms with van der Waals surface area (Å²) in [5.41, 5.74) is 0.823. The molecule has 0 aliphatic rings. The number of nitrogens with one attached hydrogen (secondary N) is 1. The fraction of sp³-hybridized carbons (Fsp3) is 0.692. The summed E-state index contributed by atoms with van der Waals surface area (Å²) in [5, 5.41) is 2.98. The molecule has 0 aliphatic heterocycles. The van der Waals surface area contributed by atoms with Crippen LogP contribution in [0.15, 0.2) is 6.07 Å². The Bertz CT molecular complexity index is 405. The van der Waals surface area contributed by atoms with Crippen LogP contribution >= 0.6 is 0 Å². The van der Waals surface area contributed by atoms with Crippen LogP contribution in [0.25, 0.3) is 0 Å². The maximum atomic E-state index is 11.9. The number of hydrogen-bond donors (Lipinski definition) is 1. The van der Waals surface area contributed by atoms with Crippen LogP contribution < -0.4 is 5.32 Å². The SMILES string of the molecule is CNc1cc(C(C)(C)C)nc(CCOCC(F)F)n1. The van der Waals surface area contributed by atoms with Crippen LogP contribution in [0.1, 0.15) is 32.3 Å². The molecule has 1 rings (SSSR count). The second-order valence-corrected chi connectivity index (χ2v) is 5.27. The molecule has 0 atom stereocenters. The van der Waals surface area contributed by atoms with Gasteiger partial charge in [-0.2, -0.15) is 0 Å². The van der Waals surface area contributed by atoms with Crippen LogP contribution in [0, 0.1) is 0 Å². The molecule has 1 aromatic rings. The molecule has 19 heavy (non-hydrogen) atoms. The van der Waals surface area contributed by atoms with E-state index in [0.717, 1.165) is 11.5 Å². The predicted molar refractivity (Wildman–Crippen MR) is 70.8 cm³/mol. The van der Waals surface area contributed by atoms with Crippen molar-refractivity contribution in [2.24, 2.45) is 0 Å². The molecule has 0 unspecified atom stereocenters. The minimum absolute atomic E-state index is 0.0902. The second kappa shape index (κ2) is 6.75. The van der Waals surface area contributed by atoms with Gasteiger partial charge in [0.25, 0.3) is 6.43 Å². The largest absolute Gasteiger partial charge is 0.375 e. The lowest BCUT2D eigenvalue weighted by Crippen LogP contribution is -2.17. The van der Waals surface area contributed by atoms with Gasteiger partial charge in [0, 0.05) is 24.9 Å². The third-order valence-electron chi connectivity index (χ3n) is 2.51.